The molecule has 1 N–H and O–H groups in total. The first-order chi connectivity index (χ1) is 14.9. The summed E-state index contributed by atoms with van der Waals surface area (Å²) in [6, 6.07) is 11.3. The van der Waals surface area contributed by atoms with Gasteiger partial charge in [0.25, 0.3) is 0 Å². The van der Waals surface area contributed by atoms with Gasteiger partial charge in [-0.25, -0.2) is 0 Å². The van der Waals surface area contributed by atoms with Gasteiger partial charge in [0.1, 0.15) is 11.5 Å². The number of ketones is 1. The van der Waals surface area contributed by atoms with Crippen molar-refractivity contribution < 1.29 is 14.1 Å². The standard InChI is InChI=1S/C21H21N5O3S2/c1-12-9-17(14(3)26(12)19-10-13(2)29-25-19)18(27)11-30-21-24-23-20(31-21)22-15-5-7-16(28-4)8-6-15/h5-10H,11H2,1-4H3,(H,22,23). The van der Waals surface area contributed by atoms with Crippen molar-refractivity contribution in [3.05, 3.63) is 59.1 Å². The zero-order valence-electron chi connectivity index (χ0n) is 17.5. The monoisotopic (exact) mass is 455 g/mol. The van der Waals surface area contributed by atoms with E-state index in [9.17, 15) is 4.79 Å². The maximum Gasteiger partial charge on any atom is 0.210 e. The lowest BCUT2D eigenvalue weighted by Gasteiger charge is -2.04. The summed E-state index contributed by atoms with van der Waals surface area (Å²) < 4.78 is 13.0. The van der Waals surface area contributed by atoms with Crippen molar-refractivity contribution in [2.24, 2.45) is 0 Å². The van der Waals surface area contributed by atoms with Crippen molar-refractivity contribution >= 4 is 39.7 Å². The molecule has 0 fully saturated rings. The van der Waals surface area contributed by atoms with Crippen molar-refractivity contribution in [2.45, 2.75) is 25.1 Å². The maximum absolute atomic E-state index is 12.9. The molecule has 8 nitrogen and oxygen atoms in total. The molecule has 0 saturated heterocycles. The van der Waals surface area contributed by atoms with Crippen LogP contribution < -0.4 is 10.1 Å². The molecule has 0 radical (unpaired) electrons. The number of thioether (sulfide) groups is 1. The Morgan fingerprint density at radius 3 is 2.65 bits per heavy atom. The first kappa shape index (κ1) is 21.1. The lowest BCUT2D eigenvalue weighted by atomic mass is 10.2. The Kier molecular flexibility index (Phi) is 6.10. The van der Waals surface area contributed by atoms with Crippen LogP contribution in [-0.2, 0) is 0 Å². The van der Waals surface area contributed by atoms with Crippen LogP contribution in [0.5, 0.6) is 5.75 Å². The Bertz CT molecular complexity index is 1210. The van der Waals surface area contributed by atoms with Gasteiger partial charge >= 0.3 is 0 Å². The molecule has 31 heavy (non-hydrogen) atoms. The summed E-state index contributed by atoms with van der Waals surface area (Å²) in [4.78, 5) is 12.9. The largest absolute Gasteiger partial charge is 0.497 e. The Morgan fingerprint density at radius 1 is 1.19 bits per heavy atom. The molecule has 0 saturated carbocycles. The molecule has 160 valence electrons. The number of ether oxygens (including phenoxy) is 1. The lowest BCUT2D eigenvalue weighted by Crippen LogP contribution is -2.05. The summed E-state index contributed by atoms with van der Waals surface area (Å²) in [5.74, 6) is 2.50. The van der Waals surface area contributed by atoms with E-state index in [0.29, 0.717) is 16.5 Å². The number of hydrogen-bond donors (Lipinski definition) is 1. The summed E-state index contributed by atoms with van der Waals surface area (Å²) >= 11 is 2.78. The van der Waals surface area contributed by atoms with Gasteiger partial charge in [0.2, 0.25) is 5.13 Å². The minimum absolute atomic E-state index is 0.0319. The van der Waals surface area contributed by atoms with Crippen LogP contribution in [0.2, 0.25) is 0 Å². The van der Waals surface area contributed by atoms with Gasteiger partial charge in [-0.1, -0.05) is 28.3 Å². The fourth-order valence-electron chi connectivity index (χ4n) is 3.18. The highest BCUT2D eigenvalue weighted by atomic mass is 32.2. The Hall–Kier alpha value is -3.11. The van der Waals surface area contributed by atoms with Crippen LogP contribution in [0.15, 0.2) is 45.3 Å². The molecule has 4 aromatic rings. The van der Waals surface area contributed by atoms with E-state index in [4.69, 9.17) is 9.26 Å². The van der Waals surface area contributed by atoms with Crippen LogP contribution in [0.3, 0.4) is 0 Å². The summed E-state index contributed by atoms with van der Waals surface area (Å²) in [5.41, 5.74) is 3.34. The molecule has 0 spiro atoms. The average Bonchev–Trinajstić information content (AvgIpc) is 3.46. The minimum Gasteiger partial charge on any atom is -0.497 e. The van der Waals surface area contributed by atoms with Gasteiger partial charge in [-0.2, -0.15) is 0 Å². The highest BCUT2D eigenvalue weighted by Gasteiger charge is 2.19. The number of aromatic nitrogens is 4. The zero-order valence-corrected chi connectivity index (χ0v) is 19.1. The molecule has 3 heterocycles. The van der Waals surface area contributed by atoms with Crippen LogP contribution in [0.25, 0.3) is 5.82 Å². The number of carbonyl (C=O) groups is 1. The smallest absolute Gasteiger partial charge is 0.210 e. The average molecular weight is 456 g/mol. The molecule has 4 rings (SSSR count). The van der Waals surface area contributed by atoms with E-state index >= 15 is 0 Å². The number of nitrogens with zero attached hydrogens (tertiary/aromatic N) is 4. The van der Waals surface area contributed by atoms with Crippen LogP contribution in [-0.4, -0.2) is 38.6 Å². The van der Waals surface area contributed by atoms with Gasteiger partial charge in [-0.05, 0) is 51.1 Å². The van der Waals surface area contributed by atoms with E-state index < -0.39 is 0 Å². The number of Topliss-reactive ketones (excluding diaryl/α,β-unsaturated/α-hetero) is 1. The van der Waals surface area contributed by atoms with Crippen molar-refractivity contribution in [1.29, 1.82) is 0 Å². The van der Waals surface area contributed by atoms with Crippen LogP contribution >= 0.6 is 23.1 Å². The number of nitrogens with one attached hydrogen (secondary N) is 1. The number of carbonyl (C=O) groups excluding carboxylic acids is 1. The van der Waals surface area contributed by atoms with Crippen molar-refractivity contribution in [1.82, 2.24) is 19.9 Å². The molecule has 10 heteroatoms. The van der Waals surface area contributed by atoms with E-state index in [1.807, 2.05) is 61.7 Å². The predicted molar refractivity (Wildman–Crippen MR) is 121 cm³/mol. The maximum atomic E-state index is 12.9. The highest BCUT2D eigenvalue weighted by Crippen LogP contribution is 2.29. The molecule has 0 aliphatic carbocycles. The summed E-state index contributed by atoms with van der Waals surface area (Å²) in [7, 11) is 1.63. The molecular formula is C21H21N5O3S2. The zero-order chi connectivity index (χ0) is 22.0. The SMILES string of the molecule is COc1ccc(Nc2nnc(SCC(=O)c3cc(C)n(-c4cc(C)on4)c3C)s2)cc1. The van der Waals surface area contributed by atoms with E-state index in [0.717, 1.165) is 32.9 Å². The minimum atomic E-state index is 0.0319. The molecule has 0 bridgehead atoms. The van der Waals surface area contributed by atoms with E-state index in [-0.39, 0.29) is 11.5 Å². The topological polar surface area (TPSA) is 95.1 Å². The molecule has 0 atom stereocenters. The number of methoxy groups -OCH3 is 1. The predicted octanol–water partition coefficient (Wildman–Crippen LogP) is 4.97. The Balaban J connectivity index is 1.40. The van der Waals surface area contributed by atoms with Crippen molar-refractivity contribution in [3.63, 3.8) is 0 Å². The second kappa shape index (κ2) is 8.94. The third-order valence-corrected chi connectivity index (χ3v) is 6.62. The highest BCUT2D eigenvalue weighted by molar-refractivity contribution is 8.01. The molecule has 0 aliphatic rings. The number of rotatable bonds is 8. The number of hydrogen-bond acceptors (Lipinski definition) is 9. The van der Waals surface area contributed by atoms with Crippen LogP contribution in [0.1, 0.15) is 27.5 Å². The molecule has 1 aromatic carbocycles. The second-order valence-corrected chi connectivity index (χ2v) is 9.05. The fourth-order valence-corrected chi connectivity index (χ4v) is 4.83. The van der Waals surface area contributed by atoms with Gasteiger partial charge in [0, 0.05) is 28.7 Å². The normalized spacial score (nSPS) is 11.0. The van der Waals surface area contributed by atoms with Gasteiger partial charge in [-0.15, -0.1) is 10.2 Å². The van der Waals surface area contributed by atoms with Crippen molar-refractivity contribution in [3.8, 4) is 11.6 Å². The van der Waals surface area contributed by atoms with Crippen LogP contribution in [0.4, 0.5) is 10.8 Å². The fraction of sp³-hybridized carbons (Fsp3) is 0.238. The molecular weight excluding hydrogens is 434 g/mol. The van der Waals surface area contributed by atoms with Gasteiger partial charge in [0.05, 0.1) is 12.9 Å². The number of aryl methyl sites for hydroxylation is 2. The van der Waals surface area contributed by atoms with E-state index in [2.05, 4.69) is 20.7 Å². The first-order valence-electron chi connectivity index (χ1n) is 9.48. The van der Waals surface area contributed by atoms with Crippen LogP contribution in [0, 0.1) is 20.8 Å². The van der Waals surface area contributed by atoms with E-state index in [1.165, 1.54) is 23.1 Å². The van der Waals surface area contributed by atoms with E-state index in [1.54, 1.807) is 7.11 Å². The molecule has 0 aliphatic heterocycles. The summed E-state index contributed by atoms with van der Waals surface area (Å²) in [6.45, 7) is 5.70. The molecule has 0 amide bonds. The summed E-state index contributed by atoms with van der Waals surface area (Å²) in [6.07, 6.45) is 0. The quantitative estimate of drug-likeness (QED) is 0.294. The Morgan fingerprint density at radius 2 is 1.97 bits per heavy atom. The molecule has 3 aromatic heterocycles. The van der Waals surface area contributed by atoms with Gasteiger partial charge in [0.15, 0.2) is 15.9 Å². The Labute approximate surface area is 187 Å². The number of benzene rings is 1. The number of anilines is 2. The molecule has 0 unspecified atom stereocenters. The van der Waals surface area contributed by atoms with Crippen molar-refractivity contribution in [2.75, 3.05) is 18.2 Å². The van der Waals surface area contributed by atoms with Gasteiger partial charge in [-0.3, -0.25) is 9.36 Å². The summed E-state index contributed by atoms with van der Waals surface area (Å²) in [5, 5.41) is 16.3. The third kappa shape index (κ3) is 4.64. The third-order valence-electron chi connectivity index (χ3n) is 4.65. The van der Waals surface area contributed by atoms with Gasteiger partial charge < -0.3 is 14.6 Å². The lowest BCUT2D eigenvalue weighted by molar-refractivity contribution is 0.102. The second-order valence-electron chi connectivity index (χ2n) is 6.85. The first-order valence-corrected chi connectivity index (χ1v) is 11.3.